The summed E-state index contributed by atoms with van der Waals surface area (Å²) in [6.45, 7) is 6.48. The fraction of sp³-hybridized carbons (Fsp3) is 0.226. The lowest BCUT2D eigenvalue weighted by Gasteiger charge is -2.16. The molecule has 3 heterocycles. The van der Waals surface area contributed by atoms with Crippen molar-refractivity contribution in [3.05, 3.63) is 95.6 Å². The van der Waals surface area contributed by atoms with Gasteiger partial charge in [-0.15, -0.1) is 0 Å². The Kier molecular flexibility index (Phi) is 9.36. The molecule has 5 aromatic rings. The minimum atomic E-state index is 0.727. The zero-order valence-corrected chi connectivity index (χ0v) is 26.6. The van der Waals surface area contributed by atoms with Crippen LogP contribution in [0, 0.1) is 13.8 Å². The Hall–Kier alpha value is -4.13. The van der Waals surface area contributed by atoms with Gasteiger partial charge in [-0.1, -0.05) is 53.4 Å². The highest BCUT2D eigenvalue weighted by atomic mass is 32.2. The van der Waals surface area contributed by atoms with Crippen LogP contribution in [-0.2, 0) is 5.75 Å². The average Bonchev–Trinajstić information content (AvgIpc) is 3.81. The van der Waals surface area contributed by atoms with Crippen molar-refractivity contribution >= 4 is 72.5 Å². The van der Waals surface area contributed by atoms with Gasteiger partial charge in [-0.2, -0.15) is 9.36 Å². The maximum Gasteiger partial charge on any atom is 0.222 e. The molecule has 2 aromatic heterocycles. The number of hydrogen-bond donors (Lipinski definition) is 6. The van der Waals surface area contributed by atoms with Crippen molar-refractivity contribution in [2.24, 2.45) is 0 Å². The van der Waals surface area contributed by atoms with Crippen molar-refractivity contribution in [1.82, 2.24) is 9.36 Å². The Labute approximate surface area is 264 Å². The molecule has 12 heteroatoms. The van der Waals surface area contributed by atoms with Crippen LogP contribution in [0.1, 0.15) is 29.5 Å². The van der Waals surface area contributed by atoms with Crippen LogP contribution in [0.2, 0.25) is 0 Å². The van der Waals surface area contributed by atoms with Gasteiger partial charge in [-0.3, -0.25) is 16.3 Å². The van der Waals surface area contributed by atoms with Crippen LogP contribution in [0.3, 0.4) is 0 Å². The highest BCUT2D eigenvalue weighted by Crippen LogP contribution is 2.32. The molecule has 1 aliphatic rings. The second kappa shape index (κ2) is 13.9. The summed E-state index contributed by atoms with van der Waals surface area (Å²) in [7, 11) is 0. The van der Waals surface area contributed by atoms with E-state index in [1.807, 2.05) is 30.3 Å². The van der Waals surface area contributed by atoms with Crippen LogP contribution in [0.5, 0.6) is 0 Å². The molecule has 0 amide bonds. The lowest BCUT2D eigenvalue weighted by atomic mass is 10.2. The van der Waals surface area contributed by atoms with Gasteiger partial charge in [0, 0.05) is 30.4 Å². The quantitative estimate of drug-likeness (QED) is 0.0562. The molecule has 1 fully saturated rings. The van der Waals surface area contributed by atoms with Crippen LogP contribution < -0.4 is 37.5 Å². The van der Waals surface area contributed by atoms with E-state index in [2.05, 4.69) is 109 Å². The van der Waals surface area contributed by atoms with E-state index in [1.54, 1.807) is 23.1 Å². The third-order valence-corrected chi connectivity index (χ3v) is 9.78. The Balaban J connectivity index is 0.959. The largest absolute Gasteiger partial charge is 0.363 e. The van der Waals surface area contributed by atoms with Gasteiger partial charge in [0.15, 0.2) is 0 Å². The summed E-state index contributed by atoms with van der Waals surface area (Å²) in [6, 6.07) is 27.1. The zero-order chi connectivity index (χ0) is 29.4. The number of thioether (sulfide) groups is 1. The normalized spacial score (nSPS) is 12.7. The molecule has 43 heavy (non-hydrogen) atoms. The van der Waals surface area contributed by atoms with Crippen molar-refractivity contribution in [3.8, 4) is 0 Å². The van der Waals surface area contributed by atoms with Crippen LogP contribution in [0.4, 0.5) is 37.9 Å². The number of benzene rings is 3. The number of hydrogen-bond acceptors (Lipinski definition) is 12. The molecule has 0 saturated carbocycles. The first-order valence-electron chi connectivity index (χ1n) is 14.2. The number of aromatic nitrogens is 2. The summed E-state index contributed by atoms with van der Waals surface area (Å²) >= 11 is 4.75. The Morgan fingerprint density at radius 1 is 0.744 bits per heavy atom. The predicted molar refractivity (Wildman–Crippen MR) is 186 cm³/mol. The SMILES string of the molecule is Cc1cc(NNc2ccc(N3CCCC3)s2)ccc1NNc1ccc(NNc2nc(SCc3ccccc3)ns2)c(C)c1. The molecule has 6 rings (SSSR count). The highest BCUT2D eigenvalue weighted by molar-refractivity contribution is 7.98. The maximum absolute atomic E-state index is 4.57. The fourth-order valence-corrected chi connectivity index (χ4v) is 7.07. The van der Waals surface area contributed by atoms with Crippen molar-refractivity contribution < 1.29 is 0 Å². The number of nitrogens with one attached hydrogen (secondary N) is 6. The number of anilines is 7. The van der Waals surface area contributed by atoms with E-state index < -0.39 is 0 Å². The minimum absolute atomic E-state index is 0.727. The van der Waals surface area contributed by atoms with Crippen LogP contribution in [-0.4, -0.2) is 22.4 Å². The first kappa shape index (κ1) is 29.0. The van der Waals surface area contributed by atoms with Gasteiger partial charge >= 0.3 is 0 Å². The summed E-state index contributed by atoms with van der Waals surface area (Å²) in [5.74, 6) is 0.846. The Morgan fingerprint density at radius 2 is 1.42 bits per heavy atom. The first-order valence-corrected chi connectivity index (χ1v) is 16.8. The number of rotatable bonds is 13. The molecular weight excluding hydrogens is 595 g/mol. The standard InChI is InChI=1S/C31H35N9S3/c1-21-19-25(34-37-28-14-15-29(42-28)40-16-6-7-17-40)11-12-26(21)35-33-24-10-13-27(22(2)18-24)36-38-30-32-31(39-43-30)41-20-23-8-4-3-5-9-23/h3-5,8-15,18-19,33-37H,6-7,16-17,20H2,1-2H3,(H,32,38,39). The van der Waals surface area contributed by atoms with Gasteiger partial charge in [-0.05, 0) is 91.9 Å². The summed E-state index contributed by atoms with van der Waals surface area (Å²) in [5, 5.41) is 3.94. The summed E-state index contributed by atoms with van der Waals surface area (Å²) in [4.78, 5) is 7.03. The van der Waals surface area contributed by atoms with E-state index in [-0.39, 0.29) is 0 Å². The molecule has 1 aliphatic heterocycles. The molecule has 0 spiro atoms. The summed E-state index contributed by atoms with van der Waals surface area (Å²) < 4.78 is 4.45. The topological polar surface area (TPSA) is 101 Å². The number of nitrogens with zero attached hydrogens (tertiary/aromatic N) is 3. The minimum Gasteiger partial charge on any atom is -0.363 e. The Morgan fingerprint density at radius 3 is 2.12 bits per heavy atom. The predicted octanol–water partition coefficient (Wildman–Crippen LogP) is 8.43. The number of thiophene rings is 1. The summed E-state index contributed by atoms with van der Waals surface area (Å²) in [5.41, 5.74) is 27.2. The van der Waals surface area contributed by atoms with Crippen LogP contribution in [0.25, 0.3) is 0 Å². The first-order chi connectivity index (χ1) is 21.1. The van der Waals surface area contributed by atoms with Crippen molar-refractivity contribution in [1.29, 1.82) is 0 Å². The second-order valence-corrected chi connectivity index (χ2v) is 13.1. The Bertz CT molecular complexity index is 1630. The van der Waals surface area contributed by atoms with Gasteiger partial charge in [0.05, 0.1) is 27.8 Å². The molecule has 6 N–H and O–H groups in total. The number of aryl methyl sites for hydroxylation is 2. The molecule has 0 radical (unpaired) electrons. The molecule has 0 atom stereocenters. The van der Waals surface area contributed by atoms with Gasteiger partial charge in [0.1, 0.15) is 5.00 Å². The lowest BCUT2D eigenvalue weighted by Crippen LogP contribution is -2.15. The summed E-state index contributed by atoms with van der Waals surface area (Å²) in [6.07, 6.45) is 2.57. The average molecular weight is 630 g/mol. The molecule has 0 aliphatic carbocycles. The molecule has 1 saturated heterocycles. The van der Waals surface area contributed by atoms with Gasteiger partial charge in [-0.25, -0.2) is 0 Å². The fourth-order valence-electron chi connectivity index (χ4n) is 4.70. The maximum atomic E-state index is 4.57. The zero-order valence-electron chi connectivity index (χ0n) is 24.1. The third kappa shape index (κ3) is 7.83. The van der Waals surface area contributed by atoms with E-state index in [4.69, 9.17) is 0 Å². The van der Waals surface area contributed by atoms with Gasteiger partial charge < -0.3 is 21.2 Å². The molecule has 222 valence electrons. The van der Waals surface area contributed by atoms with Crippen molar-refractivity contribution in [2.75, 3.05) is 50.5 Å². The smallest absolute Gasteiger partial charge is 0.222 e. The molecule has 0 bridgehead atoms. The highest BCUT2D eigenvalue weighted by Gasteiger charge is 2.14. The van der Waals surface area contributed by atoms with E-state index in [0.717, 1.165) is 68.0 Å². The van der Waals surface area contributed by atoms with Crippen LogP contribution in [0.15, 0.2) is 84.0 Å². The molecule has 0 unspecified atom stereocenters. The lowest BCUT2D eigenvalue weighted by molar-refractivity contribution is 0.949. The van der Waals surface area contributed by atoms with E-state index in [0.29, 0.717) is 0 Å². The van der Waals surface area contributed by atoms with Crippen molar-refractivity contribution in [2.45, 2.75) is 37.6 Å². The second-order valence-electron chi connectivity index (χ2n) is 10.3. The molecule has 3 aromatic carbocycles. The molecular formula is C31H35N9S3. The van der Waals surface area contributed by atoms with Crippen LogP contribution >= 0.6 is 34.6 Å². The van der Waals surface area contributed by atoms with E-state index >= 15 is 0 Å². The van der Waals surface area contributed by atoms with E-state index in [1.165, 1.54) is 34.9 Å². The van der Waals surface area contributed by atoms with E-state index in [9.17, 15) is 0 Å². The van der Waals surface area contributed by atoms with Gasteiger partial charge in [0.25, 0.3) is 0 Å². The monoisotopic (exact) mass is 629 g/mol. The third-order valence-electron chi connectivity index (χ3n) is 7.06. The molecule has 9 nitrogen and oxygen atoms in total. The van der Waals surface area contributed by atoms with Crippen molar-refractivity contribution in [3.63, 3.8) is 0 Å². The van der Waals surface area contributed by atoms with Gasteiger partial charge in [0.2, 0.25) is 10.3 Å². The number of hydrazine groups is 3.